The second kappa shape index (κ2) is 8.78. The number of amides is 1. The van der Waals surface area contributed by atoms with E-state index in [1.54, 1.807) is 19.1 Å². The van der Waals surface area contributed by atoms with Crippen LogP contribution in [0.1, 0.15) is 41.8 Å². The maximum absolute atomic E-state index is 12.5. The lowest BCUT2D eigenvalue weighted by Crippen LogP contribution is -2.27. The first-order valence-corrected chi connectivity index (χ1v) is 9.69. The van der Waals surface area contributed by atoms with Gasteiger partial charge in [0.1, 0.15) is 5.75 Å². The van der Waals surface area contributed by atoms with Crippen molar-refractivity contribution >= 4 is 11.9 Å². The smallest absolute Gasteiger partial charge is 0.337 e. The SMILES string of the molecule is C/C=C(\C(C(=O)O)=C(/C)NC(=O)c1ccccc1O)C1CCc2ccccc2C1. The van der Waals surface area contributed by atoms with Gasteiger partial charge in [0.25, 0.3) is 5.91 Å². The molecule has 1 atom stereocenters. The lowest BCUT2D eigenvalue weighted by molar-refractivity contribution is -0.132. The molecule has 29 heavy (non-hydrogen) atoms. The summed E-state index contributed by atoms with van der Waals surface area (Å²) in [5, 5.41) is 22.4. The minimum Gasteiger partial charge on any atom is -0.507 e. The van der Waals surface area contributed by atoms with E-state index in [0.29, 0.717) is 0 Å². The number of nitrogens with one attached hydrogen (secondary N) is 1. The molecule has 3 N–H and O–H groups in total. The molecule has 0 saturated carbocycles. The number of rotatable bonds is 5. The highest BCUT2D eigenvalue weighted by atomic mass is 16.4. The van der Waals surface area contributed by atoms with E-state index in [-0.39, 0.29) is 28.5 Å². The number of para-hydroxylation sites is 1. The Morgan fingerprint density at radius 3 is 2.38 bits per heavy atom. The summed E-state index contributed by atoms with van der Waals surface area (Å²) in [5.74, 6) is -1.70. The number of hydrogen-bond acceptors (Lipinski definition) is 3. The molecule has 0 aliphatic heterocycles. The van der Waals surface area contributed by atoms with Crippen LogP contribution in [0, 0.1) is 5.92 Å². The molecular weight excluding hydrogens is 366 g/mol. The van der Waals surface area contributed by atoms with Crippen LogP contribution in [0.4, 0.5) is 0 Å². The Hall–Kier alpha value is -3.34. The summed E-state index contributed by atoms with van der Waals surface area (Å²) in [6.07, 6.45) is 4.35. The first-order chi connectivity index (χ1) is 13.9. The Bertz CT molecular complexity index is 1000. The summed E-state index contributed by atoms with van der Waals surface area (Å²) < 4.78 is 0. The van der Waals surface area contributed by atoms with Crippen LogP contribution in [-0.2, 0) is 17.6 Å². The van der Waals surface area contributed by atoms with Crippen LogP contribution in [0.15, 0.2) is 71.5 Å². The molecule has 1 aliphatic carbocycles. The van der Waals surface area contributed by atoms with Gasteiger partial charge in [-0.2, -0.15) is 0 Å². The van der Waals surface area contributed by atoms with Crippen molar-refractivity contribution in [1.29, 1.82) is 0 Å². The first kappa shape index (κ1) is 20.4. The lowest BCUT2D eigenvalue weighted by Gasteiger charge is -2.28. The van der Waals surface area contributed by atoms with Gasteiger partial charge in [0, 0.05) is 5.70 Å². The minimum absolute atomic E-state index is 0.0676. The minimum atomic E-state index is -1.08. The number of phenolic OH excluding ortho intramolecular Hbond substituents is 1. The highest BCUT2D eigenvalue weighted by molar-refractivity contribution is 5.99. The molecule has 0 radical (unpaired) electrons. The number of phenols is 1. The van der Waals surface area contributed by atoms with Crippen molar-refractivity contribution in [3.8, 4) is 5.75 Å². The Labute approximate surface area is 170 Å². The predicted octanol–water partition coefficient (Wildman–Crippen LogP) is 4.23. The van der Waals surface area contributed by atoms with Gasteiger partial charge in [-0.05, 0) is 67.9 Å². The maximum Gasteiger partial charge on any atom is 0.337 e. The Balaban J connectivity index is 1.90. The average molecular weight is 391 g/mol. The van der Waals surface area contributed by atoms with E-state index in [2.05, 4.69) is 17.4 Å². The van der Waals surface area contributed by atoms with Gasteiger partial charge in [0.2, 0.25) is 0 Å². The number of fused-ring (bicyclic) bond motifs is 1. The molecule has 150 valence electrons. The number of aryl methyl sites for hydroxylation is 1. The van der Waals surface area contributed by atoms with Crippen molar-refractivity contribution in [3.63, 3.8) is 0 Å². The Morgan fingerprint density at radius 2 is 1.72 bits per heavy atom. The van der Waals surface area contributed by atoms with E-state index in [1.165, 1.54) is 23.3 Å². The second-order valence-electron chi connectivity index (χ2n) is 7.23. The van der Waals surface area contributed by atoms with Crippen LogP contribution < -0.4 is 5.32 Å². The van der Waals surface area contributed by atoms with Crippen LogP contribution in [0.25, 0.3) is 0 Å². The number of aliphatic carboxylic acids is 1. The maximum atomic E-state index is 12.5. The van der Waals surface area contributed by atoms with Crippen LogP contribution in [0.5, 0.6) is 5.75 Å². The average Bonchev–Trinajstić information content (AvgIpc) is 2.71. The van der Waals surface area contributed by atoms with Crippen molar-refractivity contribution in [2.45, 2.75) is 33.1 Å². The summed E-state index contributed by atoms with van der Waals surface area (Å²) in [7, 11) is 0. The Morgan fingerprint density at radius 1 is 1.07 bits per heavy atom. The zero-order valence-corrected chi connectivity index (χ0v) is 16.6. The van der Waals surface area contributed by atoms with Crippen molar-refractivity contribution < 1.29 is 19.8 Å². The summed E-state index contributed by atoms with van der Waals surface area (Å²) in [6, 6.07) is 14.4. The van der Waals surface area contributed by atoms with E-state index >= 15 is 0 Å². The van der Waals surface area contributed by atoms with E-state index in [9.17, 15) is 19.8 Å². The molecule has 1 aliphatic rings. The fourth-order valence-electron chi connectivity index (χ4n) is 4.01. The zero-order valence-electron chi connectivity index (χ0n) is 16.6. The highest BCUT2D eigenvalue weighted by Crippen LogP contribution is 2.34. The number of carboxylic acids is 1. The number of carbonyl (C=O) groups excluding carboxylic acids is 1. The fourth-order valence-corrected chi connectivity index (χ4v) is 4.01. The number of benzene rings is 2. The van der Waals surface area contributed by atoms with Gasteiger partial charge in [-0.3, -0.25) is 4.79 Å². The quantitative estimate of drug-likeness (QED) is 0.526. The van der Waals surface area contributed by atoms with E-state index in [4.69, 9.17) is 0 Å². The predicted molar refractivity (Wildman–Crippen MR) is 112 cm³/mol. The molecule has 0 saturated heterocycles. The van der Waals surface area contributed by atoms with Crippen molar-refractivity contribution in [3.05, 3.63) is 88.1 Å². The van der Waals surface area contributed by atoms with E-state index < -0.39 is 11.9 Å². The number of aromatic hydroxyl groups is 1. The van der Waals surface area contributed by atoms with Crippen LogP contribution in [0.2, 0.25) is 0 Å². The molecular formula is C24H25NO4. The first-order valence-electron chi connectivity index (χ1n) is 9.69. The molecule has 2 aromatic carbocycles. The van der Waals surface area contributed by atoms with Gasteiger partial charge in [-0.1, -0.05) is 42.5 Å². The Kier molecular flexibility index (Phi) is 6.17. The van der Waals surface area contributed by atoms with Gasteiger partial charge in [0.15, 0.2) is 0 Å². The molecule has 0 fully saturated rings. The summed E-state index contributed by atoms with van der Waals surface area (Å²) in [4.78, 5) is 24.7. The number of allylic oxidation sites excluding steroid dienone is 2. The largest absolute Gasteiger partial charge is 0.507 e. The lowest BCUT2D eigenvalue weighted by atomic mass is 9.77. The fraction of sp³-hybridized carbons (Fsp3) is 0.250. The van der Waals surface area contributed by atoms with Crippen LogP contribution in [-0.4, -0.2) is 22.1 Å². The molecule has 1 amide bonds. The molecule has 0 bridgehead atoms. The third-order valence-electron chi connectivity index (χ3n) is 5.42. The molecule has 0 heterocycles. The summed E-state index contributed by atoms with van der Waals surface area (Å²) in [6.45, 7) is 3.42. The van der Waals surface area contributed by atoms with Gasteiger partial charge in [0.05, 0.1) is 11.1 Å². The van der Waals surface area contributed by atoms with Crippen molar-refractivity contribution in [2.24, 2.45) is 5.92 Å². The molecule has 2 aromatic rings. The van der Waals surface area contributed by atoms with E-state index in [0.717, 1.165) is 24.8 Å². The standard InChI is InChI=1S/C24H25NO4/c1-3-19(18-13-12-16-8-4-5-9-17(16)14-18)22(24(28)29)15(2)25-23(27)20-10-6-7-11-21(20)26/h3-11,18,26H,12-14H2,1-2H3,(H,25,27)(H,28,29)/b19-3-,22-15-. The highest BCUT2D eigenvalue weighted by Gasteiger charge is 2.28. The van der Waals surface area contributed by atoms with E-state index in [1.807, 2.05) is 25.1 Å². The molecule has 5 nitrogen and oxygen atoms in total. The van der Waals surface area contributed by atoms with Gasteiger partial charge in [-0.15, -0.1) is 0 Å². The van der Waals surface area contributed by atoms with Gasteiger partial charge >= 0.3 is 5.97 Å². The summed E-state index contributed by atoms with van der Waals surface area (Å²) in [5.41, 5.74) is 3.75. The third-order valence-corrected chi connectivity index (χ3v) is 5.42. The summed E-state index contributed by atoms with van der Waals surface area (Å²) >= 11 is 0. The van der Waals surface area contributed by atoms with Gasteiger partial charge in [-0.25, -0.2) is 4.79 Å². The number of hydrogen-bond donors (Lipinski definition) is 3. The van der Waals surface area contributed by atoms with Crippen molar-refractivity contribution in [1.82, 2.24) is 5.32 Å². The number of carboxylic acid groups (broad SMARTS) is 1. The second-order valence-corrected chi connectivity index (χ2v) is 7.23. The zero-order chi connectivity index (χ0) is 21.0. The van der Waals surface area contributed by atoms with Crippen LogP contribution >= 0.6 is 0 Å². The van der Waals surface area contributed by atoms with Crippen LogP contribution in [0.3, 0.4) is 0 Å². The molecule has 5 heteroatoms. The topological polar surface area (TPSA) is 86.6 Å². The molecule has 3 rings (SSSR count). The number of carbonyl (C=O) groups is 2. The molecule has 0 spiro atoms. The molecule has 1 unspecified atom stereocenters. The van der Waals surface area contributed by atoms with Gasteiger partial charge < -0.3 is 15.5 Å². The molecule has 0 aromatic heterocycles. The monoisotopic (exact) mass is 391 g/mol. The van der Waals surface area contributed by atoms with Crippen molar-refractivity contribution in [2.75, 3.05) is 0 Å². The normalized spacial score (nSPS) is 17.2. The third kappa shape index (κ3) is 4.40.